The Labute approximate surface area is 97.9 Å². The first-order valence-electron chi connectivity index (χ1n) is 4.60. The van der Waals surface area contributed by atoms with E-state index in [0.717, 1.165) is 17.6 Å². The van der Waals surface area contributed by atoms with E-state index in [1.54, 1.807) is 12.1 Å². The summed E-state index contributed by atoms with van der Waals surface area (Å²) in [6.45, 7) is 0.714. The molecule has 4 heteroatoms. The summed E-state index contributed by atoms with van der Waals surface area (Å²) in [5, 5.41) is 3.78. The monoisotopic (exact) mass is 241 g/mol. The number of carbonyl (C=O) groups excluding carboxylic acids is 1. The molecule has 0 aromatic heterocycles. The lowest BCUT2D eigenvalue weighted by molar-refractivity contribution is -0.116. The molecule has 1 fully saturated rings. The first kappa shape index (κ1) is 10.5. The molecule has 2 rings (SSSR count). The van der Waals surface area contributed by atoms with Crippen molar-refractivity contribution >= 4 is 35.2 Å². The largest absolute Gasteiger partial charge is 0.352 e. The van der Waals surface area contributed by atoms with E-state index >= 15 is 0 Å². The van der Waals surface area contributed by atoms with Gasteiger partial charge < -0.3 is 5.32 Å². The van der Waals surface area contributed by atoms with E-state index in [9.17, 15) is 4.79 Å². The van der Waals surface area contributed by atoms with Gasteiger partial charge in [0.1, 0.15) is 0 Å². The van der Waals surface area contributed by atoms with Crippen molar-refractivity contribution in [1.82, 2.24) is 5.32 Å². The van der Waals surface area contributed by atoms with Crippen molar-refractivity contribution in [2.24, 2.45) is 0 Å². The van der Waals surface area contributed by atoms with Gasteiger partial charge in [0.2, 0.25) is 5.91 Å². The predicted octanol–water partition coefficient (Wildman–Crippen LogP) is 2.90. The number of nitrogens with one attached hydrogen (secondary N) is 1. The molecule has 1 saturated heterocycles. The summed E-state index contributed by atoms with van der Waals surface area (Å²) in [4.78, 5) is 11.3. The normalized spacial score (nSPS) is 18.3. The van der Waals surface area contributed by atoms with E-state index in [4.69, 9.17) is 23.2 Å². The van der Waals surface area contributed by atoms with Gasteiger partial charge >= 0.3 is 0 Å². The molecule has 1 aliphatic heterocycles. The maximum absolute atomic E-state index is 11.3. The quantitative estimate of drug-likeness (QED) is 0.753. The number of benzene rings is 1. The third-order valence-electron chi connectivity index (χ3n) is 2.26. The lowest BCUT2D eigenvalue weighted by Gasteiger charge is -1.99. The summed E-state index contributed by atoms with van der Waals surface area (Å²) in [5.41, 5.74) is 1.69. The summed E-state index contributed by atoms with van der Waals surface area (Å²) < 4.78 is 0. The zero-order chi connectivity index (χ0) is 10.8. The third kappa shape index (κ3) is 2.33. The number of hydrogen-bond donors (Lipinski definition) is 1. The van der Waals surface area contributed by atoms with Crippen LogP contribution in [0.4, 0.5) is 0 Å². The van der Waals surface area contributed by atoms with Crippen molar-refractivity contribution in [2.75, 3.05) is 6.54 Å². The Balaban J connectivity index is 2.31. The smallest absolute Gasteiger partial charge is 0.247 e. The lowest BCUT2D eigenvalue weighted by Crippen LogP contribution is -2.13. The average Bonchev–Trinajstić information content (AvgIpc) is 2.59. The minimum absolute atomic E-state index is 0.000993. The Hall–Kier alpha value is -0.990. The van der Waals surface area contributed by atoms with E-state index in [1.807, 2.05) is 12.1 Å². The van der Waals surface area contributed by atoms with Crippen LogP contribution in [0.3, 0.4) is 0 Å². The fourth-order valence-electron chi connectivity index (χ4n) is 1.48. The number of amides is 1. The van der Waals surface area contributed by atoms with Gasteiger partial charge in [0.25, 0.3) is 0 Å². The van der Waals surface area contributed by atoms with Crippen molar-refractivity contribution in [3.8, 4) is 0 Å². The van der Waals surface area contributed by atoms with Crippen LogP contribution in [0, 0.1) is 0 Å². The van der Waals surface area contributed by atoms with Crippen LogP contribution in [0.25, 0.3) is 6.08 Å². The van der Waals surface area contributed by atoms with Gasteiger partial charge in [-0.1, -0.05) is 29.3 Å². The third-order valence-corrected chi connectivity index (χ3v) is 3.00. The Morgan fingerprint density at radius 1 is 1.27 bits per heavy atom. The van der Waals surface area contributed by atoms with Crippen LogP contribution in [-0.4, -0.2) is 12.5 Å². The van der Waals surface area contributed by atoms with E-state index in [1.165, 1.54) is 0 Å². The van der Waals surface area contributed by atoms with Crippen LogP contribution in [0.5, 0.6) is 0 Å². The standard InChI is InChI=1S/C11H9Cl2NO/c12-9-2-1-7(6-10(9)13)5-8-3-4-14-11(8)15/h1-2,5-6H,3-4H2,(H,14,15)/b8-5+. The Bertz CT molecular complexity index is 440. The maximum Gasteiger partial charge on any atom is 0.247 e. The van der Waals surface area contributed by atoms with Gasteiger partial charge in [-0.15, -0.1) is 0 Å². The fraction of sp³-hybridized carbons (Fsp3) is 0.182. The number of carbonyl (C=O) groups is 1. The van der Waals surface area contributed by atoms with Gasteiger partial charge in [0, 0.05) is 12.1 Å². The van der Waals surface area contributed by atoms with Crippen molar-refractivity contribution < 1.29 is 4.79 Å². The summed E-state index contributed by atoms with van der Waals surface area (Å²) in [6, 6.07) is 5.32. The van der Waals surface area contributed by atoms with Crippen LogP contribution in [0.1, 0.15) is 12.0 Å². The van der Waals surface area contributed by atoms with Crippen LogP contribution < -0.4 is 5.32 Å². The predicted molar refractivity (Wildman–Crippen MR) is 62.1 cm³/mol. The molecular formula is C11H9Cl2NO. The highest BCUT2D eigenvalue weighted by atomic mass is 35.5. The molecule has 1 aromatic carbocycles. The number of halogens is 2. The molecule has 1 aliphatic rings. The SMILES string of the molecule is O=C1NCC/C1=C\c1ccc(Cl)c(Cl)c1. The first-order chi connectivity index (χ1) is 7.16. The molecule has 0 radical (unpaired) electrons. The van der Waals surface area contributed by atoms with Gasteiger partial charge in [0.15, 0.2) is 0 Å². The van der Waals surface area contributed by atoms with Crippen LogP contribution in [0.2, 0.25) is 10.0 Å². The zero-order valence-corrected chi connectivity index (χ0v) is 9.40. The van der Waals surface area contributed by atoms with Crippen molar-refractivity contribution in [1.29, 1.82) is 0 Å². The highest BCUT2D eigenvalue weighted by Gasteiger charge is 2.15. The minimum Gasteiger partial charge on any atom is -0.352 e. The second kappa shape index (κ2) is 4.25. The van der Waals surface area contributed by atoms with Crippen LogP contribution >= 0.6 is 23.2 Å². The molecule has 1 amide bonds. The van der Waals surface area contributed by atoms with Crippen molar-refractivity contribution in [2.45, 2.75) is 6.42 Å². The Morgan fingerprint density at radius 2 is 2.07 bits per heavy atom. The second-order valence-corrected chi connectivity index (χ2v) is 4.16. The Morgan fingerprint density at radius 3 is 2.67 bits per heavy atom. The van der Waals surface area contributed by atoms with E-state index in [2.05, 4.69) is 5.32 Å². The summed E-state index contributed by atoms with van der Waals surface area (Å²) >= 11 is 11.7. The molecule has 0 aliphatic carbocycles. The van der Waals surface area contributed by atoms with Gasteiger partial charge in [-0.2, -0.15) is 0 Å². The minimum atomic E-state index is 0.000993. The second-order valence-electron chi connectivity index (χ2n) is 3.35. The van der Waals surface area contributed by atoms with Crippen molar-refractivity contribution in [3.63, 3.8) is 0 Å². The maximum atomic E-state index is 11.3. The van der Waals surface area contributed by atoms with Gasteiger partial charge in [-0.25, -0.2) is 0 Å². The first-order valence-corrected chi connectivity index (χ1v) is 5.36. The summed E-state index contributed by atoms with van der Waals surface area (Å²) in [7, 11) is 0. The van der Waals surface area contributed by atoms with Gasteiger partial charge in [-0.3, -0.25) is 4.79 Å². The highest BCUT2D eigenvalue weighted by molar-refractivity contribution is 6.42. The molecule has 15 heavy (non-hydrogen) atoms. The van der Waals surface area contributed by atoms with E-state index in [0.29, 0.717) is 16.6 Å². The van der Waals surface area contributed by atoms with E-state index < -0.39 is 0 Å². The van der Waals surface area contributed by atoms with Gasteiger partial charge in [0.05, 0.1) is 10.0 Å². The summed E-state index contributed by atoms with van der Waals surface area (Å²) in [5.74, 6) is 0.000993. The zero-order valence-electron chi connectivity index (χ0n) is 7.89. The fourth-order valence-corrected chi connectivity index (χ4v) is 1.79. The summed E-state index contributed by atoms with van der Waals surface area (Å²) in [6.07, 6.45) is 2.60. The molecule has 1 N–H and O–H groups in total. The molecule has 1 aromatic rings. The van der Waals surface area contributed by atoms with Crippen LogP contribution in [-0.2, 0) is 4.79 Å². The van der Waals surface area contributed by atoms with Gasteiger partial charge in [-0.05, 0) is 30.2 Å². The molecule has 2 nitrogen and oxygen atoms in total. The molecule has 0 bridgehead atoms. The van der Waals surface area contributed by atoms with Crippen LogP contribution in [0.15, 0.2) is 23.8 Å². The highest BCUT2D eigenvalue weighted by Crippen LogP contribution is 2.24. The lowest BCUT2D eigenvalue weighted by atomic mass is 10.1. The molecule has 1 heterocycles. The Kier molecular flexibility index (Phi) is 2.98. The average molecular weight is 242 g/mol. The molecule has 78 valence electrons. The van der Waals surface area contributed by atoms with E-state index in [-0.39, 0.29) is 5.91 Å². The molecular weight excluding hydrogens is 233 g/mol. The molecule has 0 saturated carbocycles. The molecule has 0 unspecified atom stereocenters. The topological polar surface area (TPSA) is 29.1 Å². The molecule has 0 atom stereocenters. The molecule has 0 spiro atoms. The van der Waals surface area contributed by atoms with Crippen molar-refractivity contribution in [3.05, 3.63) is 39.4 Å². The number of hydrogen-bond acceptors (Lipinski definition) is 1. The number of rotatable bonds is 1.